The van der Waals surface area contributed by atoms with Gasteiger partial charge in [0.15, 0.2) is 0 Å². The van der Waals surface area contributed by atoms with Crippen molar-refractivity contribution in [2.45, 2.75) is 26.2 Å². The van der Waals surface area contributed by atoms with E-state index in [1.165, 1.54) is 0 Å². The van der Waals surface area contributed by atoms with Gasteiger partial charge in [-0.15, -0.1) is 0 Å². The minimum atomic E-state index is -0.925. The number of aryl methyl sites for hydroxylation is 1. The van der Waals surface area contributed by atoms with Gasteiger partial charge in [0.05, 0.1) is 7.11 Å². The second-order valence-electron chi connectivity index (χ2n) is 6.72. The Morgan fingerprint density at radius 1 is 1.04 bits per heavy atom. The molecule has 0 unspecified atom stereocenters. The van der Waals surface area contributed by atoms with E-state index in [0.717, 1.165) is 16.9 Å². The first-order chi connectivity index (χ1) is 12.5. The zero-order valence-electron chi connectivity index (χ0n) is 15.2. The van der Waals surface area contributed by atoms with Crippen molar-refractivity contribution in [3.8, 4) is 5.75 Å². The van der Waals surface area contributed by atoms with Crippen LogP contribution >= 0.6 is 0 Å². The van der Waals surface area contributed by atoms with E-state index in [-0.39, 0.29) is 11.8 Å². The molecule has 2 aromatic rings. The lowest BCUT2D eigenvalue weighted by molar-refractivity contribution is -0.134. The first kappa shape index (κ1) is 18.0. The first-order valence-corrected chi connectivity index (χ1v) is 8.83. The van der Waals surface area contributed by atoms with Crippen molar-refractivity contribution in [3.63, 3.8) is 0 Å². The van der Waals surface area contributed by atoms with Crippen molar-refractivity contribution in [2.24, 2.45) is 5.41 Å². The molecule has 136 valence electrons. The number of benzene rings is 2. The second-order valence-corrected chi connectivity index (χ2v) is 6.72. The molecule has 0 bridgehead atoms. The van der Waals surface area contributed by atoms with Crippen molar-refractivity contribution in [3.05, 3.63) is 59.7 Å². The Balaban J connectivity index is 1.55. The average Bonchev–Trinajstić information content (AvgIpc) is 3.46. The summed E-state index contributed by atoms with van der Waals surface area (Å²) in [6.45, 7) is 2.46. The fourth-order valence-electron chi connectivity index (χ4n) is 2.96. The van der Waals surface area contributed by atoms with Gasteiger partial charge in [-0.25, -0.2) is 0 Å². The van der Waals surface area contributed by atoms with E-state index in [0.29, 0.717) is 31.5 Å². The molecule has 1 saturated carbocycles. The number of amides is 2. The van der Waals surface area contributed by atoms with Gasteiger partial charge >= 0.3 is 0 Å². The zero-order valence-corrected chi connectivity index (χ0v) is 15.2. The fourth-order valence-corrected chi connectivity index (χ4v) is 2.96. The molecule has 0 radical (unpaired) electrons. The van der Waals surface area contributed by atoms with Crippen LogP contribution in [0.4, 0.5) is 5.69 Å². The van der Waals surface area contributed by atoms with Gasteiger partial charge in [-0.05, 0) is 49.9 Å². The predicted octanol–water partition coefficient (Wildman–Crippen LogP) is 3.08. The molecule has 1 aliphatic rings. The number of carbonyl (C=O) groups is 2. The predicted molar refractivity (Wildman–Crippen MR) is 101 cm³/mol. The van der Waals surface area contributed by atoms with Crippen LogP contribution in [0.15, 0.2) is 48.5 Å². The van der Waals surface area contributed by atoms with Crippen LogP contribution in [0.3, 0.4) is 0 Å². The van der Waals surface area contributed by atoms with Crippen LogP contribution in [-0.4, -0.2) is 25.5 Å². The summed E-state index contributed by atoms with van der Waals surface area (Å²) in [5, 5.41) is 5.77. The average molecular weight is 352 g/mol. The molecule has 0 heterocycles. The topological polar surface area (TPSA) is 67.4 Å². The first-order valence-electron chi connectivity index (χ1n) is 8.83. The molecule has 0 atom stereocenters. The Labute approximate surface area is 153 Å². The van der Waals surface area contributed by atoms with E-state index in [9.17, 15) is 9.59 Å². The van der Waals surface area contributed by atoms with Gasteiger partial charge in [0, 0.05) is 12.2 Å². The van der Waals surface area contributed by atoms with E-state index in [4.69, 9.17) is 4.74 Å². The van der Waals surface area contributed by atoms with Crippen molar-refractivity contribution in [1.29, 1.82) is 0 Å². The molecule has 5 nitrogen and oxygen atoms in total. The number of hydrogen-bond donors (Lipinski definition) is 2. The number of rotatable bonds is 7. The van der Waals surface area contributed by atoms with Crippen molar-refractivity contribution >= 4 is 17.5 Å². The summed E-state index contributed by atoms with van der Waals surface area (Å²) in [5.74, 6) is 0.383. The summed E-state index contributed by atoms with van der Waals surface area (Å²) < 4.78 is 5.32. The Morgan fingerprint density at radius 2 is 1.73 bits per heavy atom. The molecule has 0 aromatic heterocycles. The lowest BCUT2D eigenvalue weighted by Gasteiger charge is -2.16. The normalized spacial score (nSPS) is 14.4. The summed E-state index contributed by atoms with van der Waals surface area (Å²) in [5.41, 5.74) is 1.95. The molecular weight excluding hydrogens is 328 g/mol. The molecule has 3 rings (SSSR count). The number of para-hydroxylation sites is 1. The van der Waals surface area contributed by atoms with Crippen molar-refractivity contribution in [2.75, 3.05) is 19.0 Å². The van der Waals surface area contributed by atoms with Gasteiger partial charge in [-0.3, -0.25) is 9.59 Å². The van der Waals surface area contributed by atoms with Gasteiger partial charge < -0.3 is 15.4 Å². The van der Waals surface area contributed by atoms with Crippen LogP contribution in [0.25, 0.3) is 0 Å². The third-order valence-corrected chi connectivity index (χ3v) is 4.80. The quantitative estimate of drug-likeness (QED) is 0.753. The van der Waals surface area contributed by atoms with Crippen LogP contribution in [0, 0.1) is 12.3 Å². The Kier molecular flexibility index (Phi) is 5.26. The Hall–Kier alpha value is -2.82. The van der Waals surface area contributed by atoms with Crippen LogP contribution in [0.5, 0.6) is 5.75 Å². The standard InChI is InChI=1S/C21H24N2O3/c1-15-7-9-17(10-8-15)23-20(25)21(12-13-21)19(24)22-14-11-16-5-3-4-6-18(16)26-2/h3-10H,11-14H2,1-2H3,(H,22,24)(H,23,25). The van der Waals surface area contributed by atoms with Gasteiger partial charge in [0.2, 0.25) is 11.8 Å². The van der Waals surface area contributed by atoms with Crippen LogP contribution in [0.2, 0.25) is 0 Å². The lowest BCUT2D eigenvalue weighted by Crippen LogP contribution is -2.40. The van der Waals surface area contributed by atoms with Gasteiger partial charge in [0.1, 0.15) is 11.2 Å². The molecule has 2 amide bonds. The number of ether oxygens (including phenoxy) is 1. The highest BCUT2D eigenvalue weighted by Gasteiger charge is 2.56. The summed E-state index contributed by atoms with van der Waals surface area (Å²) in [6, 6.07) is 15.3. The zero-order chi connectivity index (χ0) is 18.6. The lowest BCUT2D eigenvalue weighted by atomic mass is 10.0. The molecule has 5 heteroatoms. The molecule has 0 saturated heterocycles. The van der Waals surface area contributed by atoms with Crippen LogP contribution < -0.4 is 15.4 Å². The van der Waals surface area contributed by atoms with Gasteiger partial charge in [0.25, 0.3) is 0 Å². The minimum absolute atomic E-state index is 0.197. The molecule has 2 aromatic carbocycles. The Morgan fingerprint density at radius 3 is 2.38 bits per heavy atom. The van der Waals surface area contributed by atoms with Crippen molar-refractivity contribution < 1.29 is 14.3 Å². The minimum Gasteiger partial charge on any atom is -0.496 e. The van der Waals surface area contributed by atoms with E-state index >= 15 is 0 Å². The van der Waals surface area contributed by atoms with Crippen LogP contribution in [0.1, 0.15) is 24.0 Å². The highest BCUT2D eigenvalue weighted by molar-refractivity contribution is 6.13. The summed E-state index contributed by atoms with van der Waals surface area (Å²) >= 11 is 0. The van der Waals surface area contributed by atoms with E-state index in [1.807, 2.05) is 55.5 Å². The van der Waals surface area contributed by atoms with E-state index < -0.39 is 5.41 Å². The third-order valence-electron chi connectivity index (χ3n) is 4.80. The Bertz CT molecular complexity index is 795. The maximum atomic E-state index is 12.6. The van der Waals surface area contributed by atoms with Gasteiger partial charge in [-0.2, -0.15) is 0 Å². The molecular formula is C21H24N2O3. The molecule has 26 heavy (non-hydrogen) atoms. The number of methoxy groups -OCH3 is 1. The van der Waals surface area contributed by atoms with E-state index in [1.54, 1.807) is 7.11 Å². The SMILES string of the molecule is COc1ccccc1CCNC(=O)C1(C(=O)Nc2ccc(C)cc2)CC1. The molecule has 0 aliphatic heterocycles. The number of carbonyl (C=O) groups excluding carboxylic acids is 2. The number of nitrogens with one attached hydrogen (secondary N) is 2. The number of hydrogen-bond acceptors (Lipinski definition) is 3. The summed E-state index contributed by atoms with van der Waals surface area (Å²) in [4.78, 5) is 25.1. The van der Waals surface area contributed by atoms with Crippen molar-refractivity contribution in [1.82, 2.24) is 5.32 Å². The molecule has 2 N–H and O–H groups in total. The maximum Gasteiger partial charge on any atom is 0.240 e. The summed E-state index contributed by atoms with van der Waals surface area (Å²) in [7, 11) is 1.63. The largest absolute Gasteiger partial charge is 0.496 e. The maximum absolute atomic E-state index is 12.6. The molecule has 1 fully saturated rings. The highest BCUT2D eigenvalue weighted by Crippen LogP contribution is 2.46. The highest BCUT2D eigenvalue weighted by atomic mass is 16.5. The third kappa shape index (κ3) is 3.87. The van der Waals surface area contributed by atoms with Crippen LogP contribution in [-0.2, 0) is 16.0 Å². The molecule has 1 aliphatic carbocycles. The van der Waals surface area contributed by atoms with Gasteiger partial charge in [-0.1, -0.05) is 35.9 Å². The number of anilines is 1. The smallest absolute Gasteiger partial charge is 0.240 e. The second kappa shape index (κ2) is 7.60. The fraction of sp³-hybridized carbons (Fsp3) is 0.333. The summed E-state index contributed by atoms with van der Waals surface area (Å²) in [6.07, 6.45) is 1.84. The molecule has 0 spiro atoms. The monoisotopic (exact) mass is 352 g/mol. The van der Waals surface area contributed by atoms with E-state index in [2.05, 4.69) is 10.6 Å².